The fourth-order valence-corrected chi connectivity index (χ4v) is 3.56. The standard InChI is InChI=1S/C10H14N2OS/c1-11-14(13)7-6-12-8-9-4-2-3-5-10(9)14/h2-5,12H,6-8H2,1H3. The summed E-state index contributed by atoms with van der Waals surface area (Å²) < 4.78 is 16.5. The molecule has 1 atom stereocenters. The fraction of sp³-hybridized carbons (Fsp3) is 0.400. The van der Waals surface area contributed by atoms with Crippen molar-refractivity contribution in [1.82, 2.24) is 5.32 Å². The smallest absolute Gasteiger partial charge is 0.0765 e. The summed E-state index contributed by atoms with van der Waals surface area (Å²) in [6, 6.07) is 7.84. The molecule has 0 fully saturated rings. The van der Waals surface area contributed by atoms with Gasteiger partial charge in [0.2, 0.25) is 0 Å². The molecule has 1 N–H and O–H groups in total. The minimum Gasteiger partial charge on any atom is -0.312 e. The van der Waals surface area contributed by atoms with Gasteiger partial charge in [0.05, 0.1) is 14.6 Å². The Bertz CT molecular complexity index is 447. The van der Waals surface area contributed by atoms with E-state index in [-0.39, 0.29) is 0 Å². The quantitative estimate of drug-likeness (QED) is 0.700. The highest BCUT2D eigenvalue weighted by Crippen LogP contribution is 2.20. The summed E-state index contributed by atoms with van der Waals surface area (Å²) in [6.45, 7) is 1.56. The van der Waals surface area contributed by atoms with Crippen LogP contribution >= 0.6 is 0 Å². The van der Waals surface area contributed by atoms with Gasteiger partial charge in [-0.3, -0.25) is 0 Å². The van der Waals surface area contributed by atoms with E-state index >= 15 is 0 Å². The summed E-state index contributed by atoms with van der Waals surface area (Å²) in [7, 11) is -0.518. The van der Waals surface area contributed by atoms with Crippen LogP contribution in [0, 0.1) is 0 Å². The molecule has 1 aromatic rings. The van der Waals surface area contributed by atoms with Crippen LogP contribution in [-0.2, 0) is 16.3 Å². The monoisotopic (exact) mass is 210 g/mol. The van der Waals surface area contributed by atoms with E-state index in [0.29, 0.717) is 5.75 Å². The Labute approximate surface area is 84.7 Å². The van der Waals surface area contributed by atoms with E-state index in [4.69, 9.17) is 0 Å². The zero-order valence-corrected chi connectivity index (χ0v) is 9.01. The molecule has 0 spiro atoms. The number of fused-ring (bicyclic) bond motifs is 1. The van der Waals surface area contributed by atoms with Crippen molar-refractivity contribution in [1.29, 1.82) is 0 Å². The third-order valence-corrected chi connectivity index (χ3v) is 4.91. The van der Waals surface area contributed by atoms with E-state index in [2.05, 4.69) is 9.68 Å². The van der Waals surface area contributed by atoms with Crippen LogP contribution in [-0.4, -0.2) is 23.6 Å². The second-order valence-electron chi connectivity index (χ2n) is 3.31. The molecule has 0 radical (unpaired) electrons. The minimum atomic E-state index is -2.16. The SMILES string of the molecule is CN=S1(=O)CCNCc2ccccc21. The highest BCUT2D eigenvalue weighted by atomic mass is 32.2. The Morgan fingerprint density at radius 1 is 1.43 bits per heavy atom. The average Bonchev–Trinajstić information content (AvgIpc) is 2.40. The van der Waals surface area contributed by atoms with Crippen molar-refractivity contribution < 1.29 is 4.21 Å². The highest BCUT2D eigenvalue weighted by molar-refractivity contribution is 7.93. The number of hydrogen-bond donors (Lipinski definition) is 1. The van der Waals surface area contributed by atoms with Crippen molar-refractivity contribution >= 4 is 9.73 Å². The Balaban J connectivity index is 2.66. The van der Waals surface area contributed by atoms with Gasteiger partial charge in [-0.15, -0.1) is 0 Å². The predicted molar refractivity (Wildman–Crippen MR) is 57.8 cm³/mol. The van der Waals surface area contributed by atoms with Crippen molar-refractivity contribution in [2.45, 2.75) is 11.4 Å². The third kappa shape index (κ3) is 1.55. The second kappa shape index (κ2) is 3.71. The van der Waals surface area contributed by atoms with Crippen molar-refractivity contribution in [2.24, 2.45) is 4.36 Å². The molecule has 4 heteroatoms. The molecule has 1 heterocycles. The summed E-state index contributed by atoms with van der Waals surface area (Å²) >= 11 is 0. The van der Waals surface area contributed by atoms with Gasteiger partial charge in [0.1, 0.15) is 0 Å². The number of rotatable bonds is 0. The van der Waals surface area contributed by atoms with Crippen LogP contribution in [0.3, 0.4) is 0 Å². The minimum absolute atomic E-state index is 0.612. The Morgan fingerprint density at radius 2 is 2.21 bits per heavy atom. The molecule has 0 amide bonds. The van der Waals surface area contributed by atoms with Gasteiger partial charge in [-0.2, -0.15) is 0 Å². The zero-order valence-electron chi connectivity index (χ0n) is 8.19. The van der Waals surface area contributed by atoms with Crippen LogP contribution in [0.4, 0.5) is 0 Å². The molecule has 2 rings (SSSR count). The maximum absolute atomic E-state index is 12.4. The van der Waals surface area contributed by atoms with E-state index in [1.54, 1.807) is 7.05 Å². The highest BCUT2D eigenvalue weighted by Gasteiger charge is 2.18. The molecule has 76 valence electrons. The number of benzene rings is 1. The summed E-state index contributed by atoms with van der Waals surface area (Å²) in [5, 5.41) is 3.25. The average molecular weight is 210 g/mol. The van der Waals surface area contributed by atoms with Gasteiger partial charge in [0, 0.05) is 25.9 Å². The third-order valence-electron chi connectivity index (χ3n) is 2.48. The first kappa shape index (κ1) is 9.68. The van der Waals surface area contributed by atoms with E-state index in [0.717, 1.165) is 23.5 Å². The Kier molecular flexibility index (Phi) is 2.56. The Morgan fingerprint density at radius 3 is 3.00 bits per heavy atom. The topological polar surface area (TPSA) is 41.5 Å². The first-order chi connectivity index (χ1) is 6.76. The molecule has 0 saturated carbocycles. The van der Waals surface area contributed by atoms with Gasteiger partial charge >= 0.3 is 0 Å². The van der Waals surface area contributed by atoms with Crippen molar-refractivity contribution in [3.63, 3.8) is 0 Å². The number of nitrogens with zero attached hydrogens (tertiary/aromatic N) is 1. The van der Waals surface area contributed by atoms with Crippen molar-refractivity contribution in [3.8, 4) is 0 Å². The van der Waals surface area contributed by atoms with Crippen LogP contribution in [0.1, 0.15) is 5.56 Å². The summed E-state index contributed by atoms with van der Waals surface area (Å²) in [5.74, 6) is 0.612. The first-order valence-corrected chi connectivity index (χ1v) is 6.36. The normalized spacial score (nSPS) is 26.4. The molecule has 1 unspecified atom stereocenters. The predicted octanol–water partition coefficient (Wildman–Crippen LogP) is 1.25. The molecule has 3 nitrogen and oxygen atoms in total. The molecule has 0 aliphatic carbocycles. The molecule has 1 aliphatic rings. The first-order valence-electron chi connectivity index (χ1n) is 4.68. The van der Waals surface area contributed by atoms with Crippen LogP contribution in [0.25, 0.3) is 0 Å². The number of nitrogens with one attached hydrogen (secondary N) is 1. The summed E-state index contributed by atoms with van der Waals surface area (Å²) in [5.41, 5.74) is 1.11. The molecular weight excluding hydrogens is 196 g/mol. The Hall–Kier alpha value is -0.870. The zero-order chi connectivity index (χ0) is 10.0. The maximum Gasteiger partial charge on any atom is 0.0765 e. The van der Waals surface area contributed by atoms with Crippen LogP contribution in [0.5, 0.6) is 0 Å². The van der Waals surface area contributed by atoms with Crippen LogP contribution < -0.4 is 5.32 Å². The lowest BCUT2D eigenvalue weighted by Gasteiger charge is -2.08. The molecule has 1 aromatic carbocycles. The lowest BCUT2D eigenvalue weighted by atomic mass is 10.2. The van der Waals surface area contributed by atoms with Gasteiger partial charge in [-0.05, 0) is 11.6 Å². The van der Waals surface area contributed by atoms with E-state index in [1.165, 1.54) is 0 Å². The van der Waals surface area contributed by atoms with E-state index in [9.17, 15) is 4.21 Å². The van der Waals surface area contributed by atoms with Crippen molar-refractivity contribution in [2.75, 3.05) is 19.3 Å². The molecule has 0 aromatic heterocycles. The van der Waals surface area contributed by atoms with Crippen molar-refractivity contribution in [3.05, 3.63) is 29.8 Å². The van der Waals surface area contributed by atoms with Gasteiger partial charge in [0.15, 0.2) is 0 Å². The van der Waals surface area contributed by atoms with Gasteiger partial charge in [-0.25, -0.2) is 8.57 Å². The largest absolute Gasteiger partial charge is 0.312 e. The number of hydrogen-bond acceptors (Lipinski definition) is 3. The van der Waals surface area contributed by atoms with Crippen LogP contribution in [0.15, 0.2) is 33.5 Å². The summed E-state index contributed by atoms with van der Waals surface area (Å²) in [4.78, 5) is 0.910. The lowest BCUT2D eigenvalue weighted by Crippen LogP contribution is -2.17. The summed E-state index contributed by atoms with van der Waals surface area (Å²) in [6.07, 6.45) is 0. The van der Waals surface area contributed by atoms with Gasteiger partial charge in [0.25, 0.3) is 0 Å². The van der Waals surface area contributed by atoms with E-state index in [1.807, 2.05) is 24.3 Å². The fourth-order valence-electron chi connectivity index (χ4n) is 1.69. The lowest BCUT2D eigenvalue weighted by molar-refractivity contribution is 0.674. The van der Waals surface area contributed by atoms with Crippen LogP contribution in [0.2, 0.25) is 0 Å². The molecule has 0 saturated heterocycles. The molecule has 0 bridgehead atoms. The van der Waals surface area contributed by atoms with E-state index < -0.39 is 9.73 Å². The molecule has 1 aliphatic heterocycles. The molecule has 14 heavy (non-hydrogen) atoms. The van der Waals surface area contributed by atoms with Gasteiger partial charge in [-0.1, -0.05) is 18.2 Å². The molecular formula is C10H14N2OS. The second-order valence-corrected chi connectivity index (χ2v) is 5.81. The maximum atomic E-state index is 12.4. The van der Waals surface area contributed by atoms with Gasteiger partial charge < -0.3 is 5.32 Å².